The quantitative estimate of drug-likeness (QED) is 0.0344. The number of carbonyl (C=O) groups is 1. The van der Waals surface area contributed by atoms with Crippen molar-refractivity contribution in [2.75, 3.05) is 19.8 Å². The Kier molecular flexibility index (Phi) is 29.8. The van der Waals surface area contributed by atoms with E-state index in [-0.39, 0.29) is 25.7 Å². The number of nitrogens with one attached hydrogen (secondary N) is 1. The monoisotopic (exact) mass is 628 g/mol. The summed E-state index contributed by atoms with van der Waals surface area (Å²) >= 11 is 0. The van der Waals surface area contributed by atoms with Crippen molar-refractivity contribution in [3.63, 3.8) is 0 Å². The molecule has 8 nitrogen and oxygen atoms in total. The molecule has 43 heavy (non-hydrogen) atoms. The predicted molar refractivity (Wildman–Crippen MR) is 180 cm³/mol. The molecule has 0 aliphatic heterocycles. The standard InChI is InChI=1S/C34H65N2O6P/c1-3-5-7-9-11-13-14-15-16-17-18-20-22-24-26-28-34(38)36-32(31-42-43(39,40)41-30-29-35)33(37)27-25-23-21-19-12-10-8-6-4-2/h5,7,11,13,15-16,32-33,37H,3-4,6,8-10,12,14,17-31,35H2,1-2H3,(H,36,38)(H,39,40)/b7-5-,13-11-,16-15-. The first kappa shape index (κ1) is 41.7. The summed E-state index contributed by atoms with van der Waals surface area (Å²) in [4.78, 5) is 22.5. The molecule has 0 bridgehead atoms. The third kappa shape index (κ3) is 29.2. The van der Waals surface area contributed by atoms with Gasteiger partial charge in [0.05, 0.1) is 25.4 Å². The van der Waals surface area contributed by atoms with Gasteiger partial charge in [0.15, 0.2) is 0 Å². The topological polar surface area (TPSA) is 131 Å². The van der Waals surface area contributed by atoms with Gasteiger partial charge in [-0.3, -0.25) is 13.8 Å². The molecular weight excluding hydrogens is 563 g/mol. The number of amides is 1. The smallest absolute Gasteiger partial charge is 0.391 e. The lowest BCUT2D eigenvalue weighted by Crippen LogP contribution is -2.46. The van der Waals surface area contributed by atoms with Crippen LogP contribution >= 0.6 is 7.82 Å². The highest BCUT2D eigenvalue weighted by atomic mass is 31.2. The molecule has 0 aromatic rings. The van der Waals surface area contributed by atoms with E-state index in [1.807, 2.05) is 0 Å². The molecule has 0 aliphatic rings. The van der Waals surface area contributed by atoms with E-state index in [4.69, 9.17) is 14.8 Å². The molecule has 0 rings (SSSR count). The lowest BCUT2D eigenvalue weighted by atomic mass is 10.0. The molecule has 5 N–H and O–H groups in total. The lowest BCUT2D eigenvalue weighted by molar-refractivity contribution is -0.123. The number of unbranched alkanes of at least 4 members (excludes halogenated alkanes) is 13. The van der Waals surface area contributed by atoms with Crippen molar-refractivity contribution in [2.45, 2.75) is 154 Å². The third-order valence-electron chi connectivity index (χ3n) is 7.26. The SMILES string of the molecule is CC/C=C\C/C=C\C/C=C\CCCCCCCC(=O)NC(COP(=O)(O)OCCN)C(O)CCCCCCCCCCC. The molecule has 3 unspecified atom stereocenters. The molecule has 0 aliphatic carbocycles. The average Bonchev–Trinajstić information content (AvgIpc) is 2.99. The van der Waals surface area contributed by atoms with Gasteiger partial charge in [-0.15, -0.1) is 0 Å². The zero-order valence-electron chi connectivity index (χ0n) is 27.4. The number of allylic oxidation sites excluding steroid dienone is 6. The van der Waals surface area contributed by atoms with Crippen LogP contribution in [0.3, 0.4) is 0 Å². The van der Waals surface area contributed by atoms with Crippen molar-refractivity contribution in [3.8, 4) is 0 Å². The van der Waals surface area contributed by atoms with Crippen molar-refractivity contribution < 1.29 is 28.4 Å². The van der Waals surface area contributed by atoms with Crippen LogP contribution in [0.2, 0.25) is 0 Å². The second kappa shape index (κ2) is 30.7. The van der Waals surface area contributed by atoms with Gasteiger partial charge in [-0.25, -0.2) is 4.57 Å². The van der Waals surface area contributed by atoms with Crippen LogP contribution in [-0.4, -0.2) is 47.8 Å². The van der Waals surface area contributed by atoms with E-state index in [0.717, 1.165) is 77.0 Å². The minimum Gasteiger partial charge on any atom is -0.391 e. The summed E-state index contributed by atoms with van der Waals surface area (Å²) in [6.45, 7) is 4.02. The van der Waals surface area contributed by atoms with Crippen LogP contribution in [0.5, 0.6) is 0 Å². The Labute approximate surface area is 263 Å². The number of hydrogen-bond acceptors (Lipinski definition) is 6. The maximum absolute atomic E-state index is 12.6. The molecule has 252 valence electrons. The van der Waals surface area contributed by atoms with E-state index < -0.39 is 20.0 Å². The molecule has 0 radical (unpaired) electrons. The van der Waals surface area contributed by atoms with Crippen LogP contribution in [0.15, 0.2) is 36.5 Å². The second-order valence-electron chi connectivity index (χ2n) is 11.3. The Balaban J connectivity index is 4.32. The minimum absolute atomic E-state index is 0.0844. The molecule has 0 aromatic carbocycles. The summed E-state index contributed by atoms with van der Waals surface area (Å²) in [5.41, 5.74) is 5.34. The molecule has 1 amide bonds. The van der Waals surface area contributed by atoms with E-state index in [9.17, 15) is 19.4 Å². The Morgan fingerprint density at radius 3 is 1.98 bits per heavy atom. The number of phosphoric acid groups is 1. The Morgan fingerprint density at radius 1 is 0.791 bits per heavy atom. The molecule has 0 heterocycles. The molecular formula is C34H65N2O6P. The van der Waals surface area contributed by atoms with Crippen LogP contribution in [-0.2, 0) is 18.4 Å². The van der Waals surface area contributed by atoms with Crippen molar-refractivity contribution in [2.24, 2.45) is 5.73 Å². The number of aliphatic hydroxyl groups excluding tert-OH is 1. The van der Waals surface area contributed by atoms with Gasteiger partial charge in [0.25, 0.3) is 0 Å². The Hall–Kier alpha value is -1.28. The summed E-state index contributed by atoms with van der Waals surface area (Å²) in [6.07, 6.45) is 32.9. The number of rotatable bonds is 31. The van der Waals surface area contributed by atoms with Gasteiger partial charge in [0, 0.05) is 13.0 Å². The molecule has 9 heteroatoms. The van der Waals surface area contributed by atoms with Crippen LogP contribution in [0, 0.1) is 0 Å². The molecule has 0 saturated carbocycles. The van der Waals surface area contributed by atoms with Gasteiger partial charge in [0.2, 0.25) is 5.91 Å². The van der Waals surface area contributed by atoms with E-state index in [1.165, 1.54) is 38.5 Å². The summed E-state index contributed by atoms with van der Waals surface area (Å²) < 4.78 is 22.0. The first-order valence-electron chi connectivity index (χ1n) is 17.1. The number of carbonyl (C=O) groups excluding carboxylic acids is 1. The van der Waals surface area contributed by atoms with Crippen LogP contribution in [0.4, 0.5) is 0 Å². The highest BCUT2D eigenvalue weighted by molar-refractivity contribution is 7.47. The second-order valence-corrected chi connectivity index (χ2v) is 12.8. The van der Waals surface area contributed by atoms with Gasteiger partial charge in [-0.05, 0) is 44.9 Å². The van der Waals surface area contributed by atoms with E-state index >= 15 is 0 Å². The van der Waals surface area contributed by atoms with Gasteiger partial charge in [0.1, 0.15) is 0 Å². The van der Waals surface area contributed by atoms with Gasteiger partial charge >= 0.3 is 7.82 Å². The predicted octanol–water partition coefficient (Wildman–Crippen LogP) is 8.43. The van der Waals surface area contributed by atoms with Crippen LogP contribution in [0.1, 0.15) is 142 Å². The fraction of sp³-hybridized carbons (Fsp3) is 0.794. The van der Waals surface area contributed by atoms with Gasteiger partial charge in [-0.2, -0.15) is 0 Å². The molecule has 0 saturated heterocycles. The number of nitrogens with two attached hydrogens (primary N) is 1. The molecule has 0 spiro atoms. The molecule has 0 aromatic heterocycles. The summed E-state index contributed by atoms with van der Waals surface area (Å²) in [5, 5.41) is 13.6. The van der Waals surface area contributed by atoms with E-state index in [0.29, 0.717) is 12.8 Å². The highest BCUT2D eigenvalue weighted by Gasteiger charge is 2.27. The zero-order chi connectivity index (χ0) is 31.9. The highest BCUT2D eigenvalue weighted by Crippen LogP contribution is 2.43. The molecule has 0 fully saturated rings. The van der Waals surface area contributed by atoms with Gasteiger partial charge < -0.3 is 21.1 Å². The van der Waals surface area contributed by atoms with Gasteiger partial charge in [-0.1, -0.05) is 127 Å². The first-order chi connectivity index (χ1) is 20.9. The maximum atomic E-state index is 12.6. The minimum atomic E-state index is -4.31. The summed E-state index contributed by atoms with van der Waals surface area (Å²) in [5.74, 6) is -0.184. The summed E-state index contributed by atoms with van der Waals surface area (Å²) in [6, 6.07) is -0.780. The number of hydrogen-bond donors (Lipinski definition) is 4. The largest absolute Gasteiger partial charge is 0.472 e. The first-order valence-corrected chi connectivity index (χ1v) is 18.6. The summed E-state index contributed by atoms with van der Waals surface area (Å²) in [7, 11) is -4.31. The van der Waals surface area contributed by atoms with Crippen molar-refractivity contribution in [1.82, 2.24) is 5.32 Å². The van der Waals surface area contributed by atoms with E-state index in [1.54, 1.807) is 0 Å². The number of phosphoric ester groups is 1. The normalized spacial score (nSPS) is 15.0. The third-order valence-corrected chi connectivity index (χ3v) is 8.24. The fourth-order valence-corrected chi connectivity index (χ4v) is 5.44. The lowest BCUT2D eigenvalue weighted by Gasteiger charge is -2.25. The van der Waals surface area contributed by atoms with Crippen molar-refractivity contribution in [1.29, 1.82) is 0 Å². The Morgan fingerprint density at radius 2 is 1.35 bits per heavy atom. The van der Waals surface area contributed by atoms with Crippen molar-refractivity contribution >= 4 is 13.7 Å². The van der Waals surface area contributed by atoms with E-state index in [2.05, 4.69) is 55.6 Å². The van der Waals surface area contributed by atoms with Crippen LogP contribution < -0.4 is 11.1 Å². The molecule has 3 atom stereocenters. The maximum Gasteiger partial charge on any atom is 0.472 e. The average molecular weight is 629 g/mol. The number of aliphatic hydroxyl groups is 1. The zero-order valence-corrected chi connectivity index (χ0v) is 28.3. The van der Waals surface area contributed by atoms with Crippen molar-refractivity contribution in [3.05, 3.63) is 36.5 Å². The van der Waals surface area contributed by atoms with Crippen LogP contribution in [0.25, 0.3) is 0 Å². The Bertz CT molecular complexity index is 774. The fourth-order valence-electron chi connectivity index (χ4n) is 4.68.